The predicted molar refractivity (Wildman–Crippen MR) is 99.5 cm³/mol. The van der Waals surface area contributed by atoms with Crippen molar-refractivity contribution in [1.29, 1.82) is 0 Å². The summed E-state index contributed by atoms with van der Waals surface area (Å²) in [6.45, 7) is 4.00. The molecule has 2 aromatic carbocycles. The lowest BCUT2D eigenvalue weighted by Crippen LogP contribution is -2.19. The Morgan fingerprint density at radius 2 is 1.96 bits per heavy atom. The quantitative estimate of drug-likeness (QED) is 0.678. The molecule has 6 heteroatoms. The summed E-state index contributed by atoms with van der Waals surface area (Å²) in [5.74, 6) is -0.0601. The number of thioether (sulfide) groups is 1. The Balaban J connectivity index is 1.87. The number of amides is 1. The van der Waals surface area contributed by atoms with Gasteiger partial charge in [-0.25, -0.2) is 0 Å². The summed E-state index contributed by atoms with van der Waals surface area (Å²) in [6.07, 6.45) is 0. The van der Waals surface area contributed by atoms with E-state index in [4.69, 9.17) is 0 Å². The van der Waals surface area contributed by atoms with Crippen molar-refractivity contribution >= 4 is 34.7 Å². The van der Waals surface area contributed by atoms with Crippen molar-refractivity contribution in [3.05, 3.63) is 70.7 Å². The zero-order valence-electron chi connectivity index (χ0n) is 13.4. The second-order valence-electron chi connectivity index (χ2n) is 5.42. The van der Waals surface area contributed by atoms with Crippen molar-refractivity contribution in [3.63, 3.8) is 0 Å². The fourth-order valence-electron chi connectivity index (χ4n) is 2.28. The molecule has 0 spiro atoms. The van der Waals surface area contributed by atoms with E-state index in [1.54, 1.807) is 5.51 Å². The first-order valence-electron chi connectivity index (χ1n) is 7.49. The summed E-state index contributed by atoms with van der Waals surface area (Å²) in [4.78, 5) is 12.9. The van der Waals surface area contributed by atoms with Crippen molar-refractivity contribution < 1.29 is 4.79 Å². The Bertz CT molecular complexity index is 820. The third-order valence-corrected chi connectivity index (χ3v) is 5.62. The van der Waals surface area contributed by atoms with E-state index < -0.39 is 0 Å². The van der Waals surface area contributed by atoms with E-state index >= 15 is 0 Å². The first-order valence-corrected chi connectivity index (χ1v) is 9.25. The largest absolute Gasteiger partial charge is 0.325 e. The molecule has 0 fully saturated rings. The second-order valence-corrected chi connectivity index (χ2v) is 7.61. The van der Waals surface area contributed by atoms with E-state index in [9.17, 15) is 4.79 Å². The molecule has 0 aliphatic rings. The number of carbonyl (C=O) groups is 1. The van der Waals surface area contributed by atoms with Crippen LogP contribution in [0.1, 0.15) is 21.9 Å². The first-order chi connectivity index (χ1) is 11.6. The second kappa shape index (κ2) is 7.59. The number of rotatable bonds is 5. The van der Waals surface area contributed by atoms with E-state index in [1.807, 2.05) is 62.4 Å². The Morgan fingerprint density at radius 1 is 1.17 bits per heavy atom. The molecule has 1 amide bonds. The van der Waals surface area contributed by atoms with Gasteiger partial charge in [0.05, 0.1) is 0 Å². The van der Waals surface area contributed by atoms with Gasteiger partial charge < -0.3 is 5.32 Å². The van der Waals surface area contributed by atoms with Gasteiger partial charge in [0.25, 0.3) is 0 Å². The SMILES string of the molecule is Cc1ccc(C)c(NC(=O)C(Sc2nncs2)c2ccccc2)c1. The summed E-state index contributed by atoms with van der Waals surface area (Å²) >= 11 is 2.85. The highest BCUT2D eigenvalue weighted by atomic mass is 32.2. The van der Waals surface area contributed by atoms with Crippen LogP contribution in [0.4, 0.5) is 5.69 Å². The number of nitrogens with one attached hydrogen (secondary N) is 1. The number of aromatic nitrogens is 2. The molecule has 122 valence electrons. The molecule has 1 aromatic heterocycles. The molecule has 1 unspecified atom stereocenters. The highest BCUT2D eigenvalue weighted by Crippen LogP contribution is 2.37. The zero-order chi connectivity index (χ0) is 16.9. The van der Waals surface area contributed by atoms with Crippen LogP contribution in [0.3, 0.4) is 0 Å². The molecule has 0 aliphatic heterocycles. The average molecular weight is 355 g/mol. The monoisotopic (exact) mass is 355 g/mol. The van der Waals surface area contributed by atoms with Crippen molar-refractivity contribution in [3.8, 4) is 0 Å². The van der Waals surface area contributed by atoms with Crippen LogP contribution >= 0.6 is 23.1 Å². The Hall–Kier alpha value is -2.18. The molecule has 1 N–H and O–H groups in total. The van der Waals surface area contributed by atoms with Gasteiger partial charge in [-0.2, -0.15) is 0 Å². The molecule has 1 heterocycles. The number of hydrogen-bond donors (Lipinski definition) is 1. The first kappa shape index (κ1) is 16.7. The van der Waals surface area contributed by atoms with Crippen LogP contribution in [0.15, 0.2) is 58.4 Å². The Kier molecular flexibility index (Phi) is 5.27. The molecule has 0 saturated heterocycles. The highest BCUT2D eigenvalue weighted by Gasteiger charge is 2.24. The predicted octanol–water partition coefficient (Wildman–Crippen LogP) is 4.63. The lowest BCUT2D eigenvalue weighted by molar-refractivity contribution is -0.115. The molecular weight excluding hydrogens is 338 g/mol. The van der Waals surface area contributed by atoms with Gasteiger partial charge in [-0.05, 0) is 36.6 Å². The summed E-state index contributed by atoms with van der Waals surface area (Å²) in [5, 5.41) is 10.6. The summed E-state index contributed by atoms with van der Waals surface area (Å²) in [7, 11) is 0. The van der Waals surface area contributed by atoms with Crippen LogP contribution in [-0.2, 0) is 4.79 Å². The molecule has 0 aliphatic carbocycles. The molecule has 0 radical (unpaired) electrons. The third kappa shape index (κ3) is 4.01. The summed E-state index contributed by atoms with van der Waals surface area (Å²) < 4.78 is 0.778. The maximum absolute atomic E-state index is 12.9. The Morgan fingerprint density at radius 3 is 2.67 bits per heavy atom. The van der Waals surface area contributed by atoms with Crippen molar-refractivity contribution in [2.24, 2.45) is 0 Å². The van der Waals surface area contributed by atoms with Crippen LogP contribution in [0.5, 0.6) is 0 Å². The fourth-order valence-corrected chi connectivity index (χ4v) is 3.96. The van der Waals surface area contributed by atoms with Crippen LogP contribution in [0.25, 0.3) is 0 Å². The van der Waals surface area contributed by atoms with Gasteiger partial charge in [0.2, 0.25) is 5.91 Å². The summed E-state index contributed by atoms with van der Waals surface area (Å²) in [6, 6.07) is 15.8. The number of carbonyl (C=O) groups excluding carboxylic acids is 1. The number of nitrogens with zero attached hydrogens (tertiary/aromatic N) is 2. The molecule has 1 atom stereocenters. The molecule has 0 bridgehead atoms. The van der Waals surface area contributed by atoms with Gasteiger partial charge in [0.1, 0.15) is 10.8 Å². The van der Waals surface area contributed by atoms with Gasteiger partial charge in [-0.1, -0.05) is 65.6 Å². The van der Waals surface area contributed by atoms with E-state index in [2.05, 4.69) is 15.5 Å². The van der Waals surface area contributed by atoms with Crippen molar-refractivity contribution in [2.45, 2.75) is 23.4 Å². The average Bonchev–Trinajstić information content (AvgIpc) is 3.10. The van der Waals surface area contributed by atoms with Crippen LogP contribution in [0.2, 0.25) is 0 Å². The van der Waals surface area contributed by atoms with Gasteiger partial charge in [-0.3, -0.25) is 4.79 Å². The standard InChI is InChI=1S/C18H17N3OS2/c1-12-8-9-13(2)15(10-12)20-17(22)16(14-6-4-3-5-7-14)24-18-21-19-11-23-18/h3-11,16H,1-2H3,(H,20,22). The van der Waals surface area contributed by atoms with Gasteiger partial charge in [-0.15, -0.1) is 10.2 Å². The molecule has 3 aromatic rings. The van der Waals surface area contributed by atoms with E-state index in [0.29, 0.717) is 0 Å². The number of benzene rings is 2. The maximum Gasteiger partial charge on any atom is 0.242 e. The van der Waals surface area contributed by atoms with Crippen molar-refractivity contribution in [1.82, 2.24) is 10.2 Å². The van der Waals surface area contributed by atoms with Gasteiger partial charge in [0.15, 0.2) is 4.34 Å². The molecule has 4 nitrogen and oxygen atoms in total. The lowest BCUT2D eigenvalue weighted by Gasteiger charge is -2.17. The van der Waals surface area contributed by atoms with Gasteiger partial charge in [0, 0.05) is 5.69 Å². The van der Waals surface area contributed by atoms with Crippen molar-refractivity contribution in [2.75, 3.05) is 5.32 Å². The topological polar surface area (TPSA) is 54.9 Å². The Labute approximate surface area is 149 Å². The normalized spacial score (nSPS) is 11.9. The zero-order valence-corrected chi connectivity index (χ0v) is 15.0. The highest BCUT2D eigenvalue weighted by molar-refractivity contribution is 8.01. The van der Waals surface area contributed by atoms with Crippen LogP contribution in [-0.4, -0.2) is 16.1 Å². The number of aryl methyl sites for hydroxylation is 2. The minimum absolute atomic E-state index is 0.0601. The van der Waals surface area contributed by atoms with E-state index in [-0.39, 0.29) is 11.2 Å². The molecular formula is C18H17N3OS2. The van der Waals surface area contributed by atoms with E-state index in [1.165, 1.54) is 23.1 Å². The summed E-state index contributed by atoms with van der Waals surface area (Å²) in [5.41, 5.74) is 5.62. The minimum atomic E-state index is -0.376. The lowest BCUT2D eigenvalue weighted by atomic mass is 10.1. The molecule has 0 saturated carbocycles. The number of hydrogen-bond acceptors (Lipinski definition) is 5. The molecule has 3 rings (SSSR count). The molecule has 24 heavy (non-hydrogen) atoms. The minimum Gasteiger partial charge on any atom is -0.325 e. The van der Waals surface area contributed by atoms with Crippen LogP contribution in [0, 0.1) is 13.8 Å². The van der Waals surface area contributed by atoms with E-state index in [0.717, 1.165) is 26.7 Å². The van der Waals surface area contributed by atoms with Crippen LogP contribution < -0.4 is 5.32 Å². The fraction of sp³-hybridized carbons (Fsp3) is 0.167. The smallest absolute Gasteiger partial charge is 0.242 e. The maximum atomic E-state index is 12.9. The number of anilines is 1. The van der Waals surface area contributed by atoms with Gasteiger partial charge >= 0.3 is 0 Å². The third-order valence-electron chi connectivity index (χ3n) is 3.55.